The SMILES string of the molecule is O=C(Cn1c(CCNC(=O)c2ccccc2)nc2ccccc21)NC1CC1. The highest BCUT2D eigenvalue weighted by Gasteiger charge is 2.24. The molecule has 1 aromatic heterocycles. The number of fused-ring (bicyclic) bond motifs is 1. The molecule has 1 saturated carbocycles. The first-order chi connectivity index (χ1) is 13.2. The van der Waals surface area contributed by atoms with Crippen molar-refractivity contribution in [1.82, 2.24) is 20.2 Å². The second-order valence-corrected chi connectivity index (χ2v) is 6.82. The van der Waals surface area contributed by atoms with Crippen LogP contribution in [0.1, 0.15) is 29.0 Å². The number of benzene rings is 2. The number of amides is 2. The third-order valence-corrected chi connectivity index (χ3v) is 4.65. The van der Waals surface area contributed by atoms with Gasteiger partial charge in [-0.05, 0) is 37.1 Å². The van der Waals surface area contributed by atoms with Gasteiger partial charge in [-0.3, -0.25) is 9.59 Å². The van der Waals surface area contributed by atoms with Crippen LogP contribution in [0.5, 0.6) is 0 Å². The number of nitrogens with one attached hydrogen (secondary N) is 2. The van der Waals surface area contributed by atoms with Crippen molar-refractivity contribution in [3.8, 4) is 0 Å². The van der Waals surface area contributed by atoms with Crippen molar-refractivity contribution >= 4 is 22.8 Å². The average Bonchev–Trinajstić information content (AvgIpc) is 3.44. The maximum absolute atomic E-state index is 12.3. The lowest BCUT2D eigenvalue weighted by Crippen LogP contribution is -2.30. The highest BCUT2D eigenvalue weighted by atomic mass is 16.2. The van der Waals surface area contributed by atoms with Crippen LogP contribution < -0.4 is 10.6 Å². The fourth-order valence-corrected chi connectivity index (χ4v) is 3.12. The van der Waals surface area contributed by atoms with Crippen LogP contribution in [-0.4, -0.2) is 34.0 Å². The largest absolute Gasteiger partial charge is 0.352 e. The molecule has 0 radical (unpaired) electrons. The van der Waals surface area contributed by atoms with Crippen LogP contribution in [-0.2, 0) is 17.8 Å². The molecule has 3 aromatic rings. The predicted octanol–water partition coefficient (Wildman–Crippen LogP) is 2.29. The van der Waals surface area contributed by atoms with Crippen LogP contribution in [0.2, 0.25) is 0 Å². The van der Waals surface area contributed by atoms with Gasteiger partial charge in [0.15, 0.2) is 0 Å². The molecule has 0 atom stereocenters. The lowest BCUT2D eigenvalue weighted by atomic mass is 10.2. The number of carbonyl (C=O) groups is 2. The van der Waals surface area contributed by atoms with Crippen molar-refractivity contribution in [3.05, 3.63) is 66.0 Å². The molecule has 4 rings (SSSR count). The summed E-state index contributed by atoms with van der Waals surface area (Å²) in [5.74, 6) is 0.704. The van der Waals surface area contributed by atoms with Crippen molar-refractivity contribution in [2.75, 3.05) is 6.54 Å². The van der Waals surface area contributed by atoms with Crippen molar-refractivity contribution in [1.29, 1.82) is 0 Å². The molecule has 1 aliphatic carbocycles. The first-order valence-corrected chi connectivity index (χ1v) is 9.27. The zero-order chi connectivity index (χ0) is 18.6. The number of carbonyl (C=O) groups excluding carboxylic acids is 2. The van der Waals surface area contributed by atoms with E-state index in [0.29, 0.717) is 24.6 Å². The second-order valence-electron chi connectivity index (χ2n) is 6.82. The van der Waals surface area contributed by atoms with Gasteiger partial charge in [-0.15, -0.1) is 0 Å². The monoisotopic (exact) mass is 362 g/mol. The number of para-hydroxylation sites is 2. The van der Waals surface area contributed by atoms with Gasteiger partial charge in [-0.2, -0.15) is 0 Å². The van der Waals surface area contributed by atoms with Crippen molar-refractivity contribution in [2.24, 2.45) is 0 Å². The minimum Gasteiger partial charge on any atom is -0.352 e. The van der Waals surface area contributed by atoms with E-state index in [2.05, 4.69) is 15.6 Å². The van der Waals surface area contributed by atoms with Gasteiger partial charge in [0.05, 0.1) is 11.0 Å². The van der Waals surface area contributed by atoms with E-state index in [4.69, 9.17) is 0 Å². The molecule has 0 saturated heterocycles. The van der Waals surface area contributed by atoms with Crippen LogP contribution in [0.15, 0.2) is 54.6 Å². The second kappa shape index (κ2) is 7.61. The number of imidazole rings is 1. The zero-order valence-electron chi connectivity index (χ0n) is 15.0. The molecule has 138 valence electrons. The third kappa shape index (κ3) is 4.16. The molecule has 2 amide bonds. The Balaban J connectivity index is 1.46. The lowest BCUT2D eigenvalue weighted by molar-refractivity contribution is -0.121. The van der Waals surface area contributed by atoms with Crippen LogP contribution in [0.3, 0.4) is 0 Å². The predicted molar refractivity (Wildman–Crippen MR) is 103 cm³/mol. The highest BCUT2D eigenvalue weighted by Crippen LogP contribution is 2.20. The molecule has 27 heavy (non-hydrogen) atoms. The van der Waals surface area contributed by atoms with Crippen LogP contribution in [0, 0.1) is 0 Å². The first-order valence-electron chi connectivity index (χ1n) is 9.27. The van der Waals surface area contributed by atoms with Gasteiger partial charge in [0.2, 0.25) is 5.91 Å². The van der Waals surface area contributed by atoms with Gasteiger partial charge in [0.1, 0.15) is 12.4 Å². The summed E-state index contributed by atoms with van der Waals surface area (Å²) in [4.78, 5) is 29.2. The van der Waals surface area contributed by atoms with Gasteiger partial charge in [-0.1, -0.05) is 30.3 Å². The maximum Gasteiger partial charge on any atom is 0.251 e. The van der Waals surface area contributed by atoms with Gasteiger partial charge < -0.3 is 15.2 Å². The molecule has 0 unspecified atom stereocenters. The Morgan fingerprint density at radius 3 is 2.56 bits per heavy atom. The normalized spacial score (nSPS) is 13.5. The summed E-state index contributed by atoms with van der Waals surface area (Å²) in [6.45, 7) is 0.709. The van der Waals surface area contributed by atoms with Crippen LogP contribution in [0.4, 0.5) is 0 Å². The Bertz CT molecular complexity index is 961. The summed E-state index contributed by atoms with van der Waals surface area (Å²) >= 11 is 0. The number of rotatable bonds is 7. The van der Waals surface area contributed by atoms with E-state index in [1.54, 1.807) is 12.1 Å². The topological polar surface area (TPSA) is 76.0 Å². The molecule has 6 nitrogen and oxygen atoms in total. The highest BCUT2D eigenvalue weighted by molar-refractivity contribution is 5.94. The molecule has 1 fully saturated rings. The fourth-order valence-electron chi connectivity index (χ4n) is 3.12. The number of aromatic nitrogens is 2. The smallest absolute Gasteiger partial charge is 0.251 e. The lowest BCUT2D eigenvalue weighted by Gasteiger charge is -2.10. The minimum atomic E-state index is -0.107. The summed E-state index contributed by atoms with van der Waals surface area (Å²) in [7, 11) is 0. The van der Waals surface area contributed by atoms with E-state index < -0.39 is 0 Å². The van der Waals surface area contributed by atoms with Gasteiger partial charge in [0.25, 0.3) is 5.91 Å². The molecule has 2 N–H and O–H groups in total. The standard InChI is InChI=1S/C21H22N4O2/c26-20(23-16-10-11-16)14-25-18-9-5-4-8-17(18)24-19(25)12-13-22-21(27)15-6-2-1-3-7-15/h1-9,16H,10-14H2,(H,22,27)(H,23,26). The molecule has 2 aromatic carbocycles. The summed E-state index contributed by atoms with van der Waals surface area (Å²) in [5, 5.41) is 5.94. The quantitative estimate of drug-likeness (QED) is 0.677. The molecule has 1 aliphatic rings. The van der Waals surface area contributed by atoms with E-state index in [1.807, 2.05) is 47.0 Å². The van der Waals surface area contributed by atoms with E-state index in [1.165, 1.54) is 0 Å². The molecule has 1 heterocycles. The zero-order valence-corrected chi connectivity index (χ0v) is 15.0. The molecular weight excluding hydrogens is 340 g/mol. The Kier molecular flexibility index (Phi) is 4.87. The van der Waals surface area contributed by atoms with Crippen LogP contribution >= 0.6 is 0 Å². The van der Waals surface area contributed by atoms with Gasteiger partial charge in [-0.25, -0.2) is 4.98 Å². The molecular formula is C21H22N4O2. The molecule has 0 spiro atoms. The Morgan fingerprint density at radius 2 is 1.78 bits per heavy atom. The number of hydrogen-bond donors (Lipinski definition) is 2. The van der Waals surface area contributed by atoms with Crippen LogP contribution in [0.25, 0.3) is 11.0 Å². The van der Waals surface area contributed by atoms with E-state index >= 15 is 0 Å². The fraction of sp³-hybridized carbons (Fsp3) is 0.286. The summed E-state index contributed by atoms with van der Waals surface area (Å²) in [5.41, 5.74) is 2.43. The average molecular weight is 362 g/mol. The Hall–Kier alpha value is -3.15. The van der Waals surface area contributed by atoms with Gasteiger partial charge >= 0.3 is 0 Å². The number of hydrogen-bond acceptors (Lipinski definition) is 3. The Morgan fingerprint density at radius 1 is 1.04 bits per heavy atom. The van der Waals surface area contributed by atoms with E-state index in [-0.39, 0.29) is 18.4 Å². The summed E-state index contributed by atoms with van der Waals surface area (Å²) in [6, 6.07) is 17.3. The van der Waals surface area contributed by atoms with Crippen molar-refractivity contribution in [3.63, 3.8) is 0 Å². The van der Waals surface area contributed by atoms with Gasteiger partial charge in [0, 0.05) is 24.6 Å². The Labute approximate surface area is 157 Å². The van der Waals surface area contributed by atoms with Crippen molar-refractivity contribution in [2.45, 2.75) is 31.8 Å². The molecule has 6 heteroatoms. The summed E-state index contributed by atoms with van der Waals surface area (Å²) < 4.78 is 1.95. The summed E-state index contributed by atoms with van der Waals surface area (Å²) in [6.07, 6.45) is 2.69. The van der Waals surface area contributed by atoms with E-state index in [9.17, 15) is 9.59 Å². The van der Waals surface area contributed by atoms with E-state index in [0.717, 1.165) is 29.7 Å². The first kappa shape index (κ1) is 17.3. The van der Waals surface area contributed by atoms with Crippen molar-refractivity contribution < 1.29 is 9.59 Å². The molecule has 0 bridgehead atoms. The third-order valence-electron chi connectivity index (χ3n) is 4.65. The minimum absolute atomic E-state index is 0.00947. The molecule has 0 aliphatic heterocycles. The number of nitrogens with zero attached hydrogens (tertiary/aromatic N) is 2. The maximum atomic E-state index is 12.3.